The van der Waals surface area contributed by atoms with Gasteiger partial charge in [-0.25, -0.2) is 14.4 Å². The number of hydrogen-bond donors (Lipinski definition) is 1. The number of nitrogens with zero attached hydrogens (tertiary/aromatic N) is 4. The molecule has 8 nitrogen and oxygen atoms in total. The maximum atomic E-state index is 15.4. The highest BCUT2D eigenvalue weighted by Crippen LogP contribution is 2.40. The summed E-state index contributed by atoms with van der Waals surface area (Å²) in [6, 6.07) is 5.82. The SMILES string of the molecule is CN1CCOc2cc(-c3ccc(F)cc3-c3nc(N(C)C(=O)[C@@H](CC(=O)O)CC4CCCC4)sc3F)cnc21. The Labute approximate surface area is 229 Å². The molecule has 1 aromatic carbocycles. The number of benzene rings is 1. The lowest BCUT2D eigenvalue weighted by Crippen LogP contribution is -2.35. The molecule has 1 aliphatic carbocycles. The number of anilines is 2. The van der Waals surface area contributed by atoms with E-state index in [9.17, 15) is 19.1 Å². The van der Waals surface area contributed by atoms with E-state index in [1.165, 1.54) is 24.1 Å². The summed E-state index contributed by atoms with van der Waals surface area (Å²) in [5, 5.41) is 8.82. The van der Waals surface area contributed by atoms with E-state index < -0.39 is 28.7 Å². The summed E-state index contributed by atoms with van der Waals surface area (Å²) in [5.74, 6) is -1.19. The molecule has 0 bridgehead atoms. The monoisotopic (exact) mass is 556 g/mol. The summed E-state index contributed by atoms with van der Waals surface area (Å²) in [4.78, 5) is 36.9. The van der Waals surface area contributed by atoms with E-state index >= 15 is 4.39 Å². The number of carbonyl (C=O) groups is 2. The van der Waals surface area contributed by atoms with Crippen molar-refractivity contribution in [2.24, 2.45) is 11.8 Å². The van der Waals surface area contributed by atoms with Crippen LogP contribution in [0.5, 0.6) is 5.75 Å². The van der Waals surface area contributed by atoms with Gasteiger partial charge in [-0.2, -0.15) is 4.39 Å². The van der Waals surface area contributed by atoms with Crippen molar-refractivity contribution in [2.45, 2.75) is 38.5 Å². The molecule has 206 valence electrons. The number of carbonyl (C=O) groups excluding carboxylic acids is 1. The summed E-state index contributed by atoms with van der Waals surface area (Å²) in [5.41, 5.74) is 1.24. The van der Waals surface area contributed by atoms with Crippen LogP contribution in [0.4, 0.5) is 19.7 Å². The second-order valence-electron chi connectivity index (χ2n) is 10.2. The number of ether oxygens (including phenoxy) is 1. The van der Waals surface area contributed by atoms with Gasteiger partial charge in [0.2, 0.25) is 11.0 Å². The highest BCUT2D eigenvalue weighted by molar-refractivity contribution is 7.14. The predicted molar refractivity (Wildman–Crippen MR) is 145 cm³/mol. The number of aromatic nitrogens is 2. The van der Waals surface area contributed by atoms with E-state index in [4.69, 9.17) is 4.74 Å². The fourth-order valence-corrected chi connectivity index (χ4v) is 6.22. The Hall–Kier alpha value is -3.60. The van der Waals surface area contributed by atoms with Crippen LogP contribution in [0.25, 0.3) is 22.4 Å². The van der Waals surface area contributed by atoms with Crippen molar-refractivity contribution in [3.63, 3.8) is 0 Å². The van der Waals surface area contributed by atoms with Gasteiger partial charge in [-0.05, 0) is 36.1 Å². The average molecular weight is 557 g/mol. The van der Waals surface area contributed by atoms with Gasteiger partial charge in [0, 0.05) is 37.3 Å². The van der Waals surface area contributed by atoms with Crippen LogP contribution in [-0.2, 0) is 9.59 Å². The molecule has 1 atom stereocenters. The van der Waals surface area contributed by atoms with E-state index in [-0.39, 0.29) is 22.8 Å². The van der Waals surface area contributed by atoms with Crippen molar-refractivity contribution in [3.8, 4) is 28.1 Å². The van der Waals surface area contributed by atoms with E-state index in [0.29, 0.717) is 59.5 Å². The van der Waals surface area contributed by atoms with Gasteiger partial charge in [0.1, 0.15) is 18.1 Å². The Morgan fingerprint density at radius 1 is 1.23 bits per heavy atom. The molecule has 11 heteroatoms. The van der Waals surface area contributed by atoms with Crippen LogP contribution in [0.1, 0.15) is 38.5 Å². The zero-order valence-electron chi connectivity index (χ0n) is 21.8. The van der Waals surface area contributed by atoms with Crippen LogP contribution in [0.15, 0.2) is 30.5 Å². The first-order chi connectivity index (χ1) is 18.7. The molecule has 1 saturated carbocycles. The third kappa shape index (κ3) is 5.73. The number of carboxylic acid groups (broad SMARTS) is 1. The highest BCUT2D eigenvalue weighted by atomic mass is 32.1. The molecule has 2 aromatic heterocycles. The fourth-order valence-electron chi connectivity index (χ4n) is 5.44. The molecular weight excluding hydrogens is 526 g/mol. The van der Waals surface area contributed by atoms with Crippen LogP contribution >= 0.6 is 11.3 Å². The van der Waals surface area contributed by atoms with Gasteiger partial charge >= 0.3 is 5.97 Å². The number of amides is 1. The van der Waals surface area contributed by atoms with E-state index in [1.807, 2.05) is 11.9 Å². The predicted octanol–water partition coefficient (Wildman–Crippen LogP) is 5.61. The minimum atomic E-state index is -1.05. The van der Waals surface area contributed by atoms with Crippen molar-refractivity contribution in [3.05, 3.63) is 41.4 Å². The molecule has 3 heterocycles. The van der Waals surface area contributed by atoms with Crippen LogP contribution in [0.3, 0.4) is 0 Å². The number of fused-ring (bicyclic) bond motifs is 1. The van der Waals surface area contributed by atoms with E-state index in [1.54, 1.807) is 18.3 Å². The number of pyridine rings is 1. The Kier molecular flexibility index (Phi) is 7.79. The smallest absolute Gasteiger partial charge is 0.304 e. The van der Waals surface area contributed by atoms with Crippen molar-refractivity contribution >= 4 is 34.2 Å². The first kappa shape index (κ1) is 27.0. The lowest BCUT2D eigenvalue weighted by Gasteiger charge is -2.26. The highest BCUT2D eigenvalue weighted by Gasteiger charge is 2.31. The van der Waals surface area contributed by atoms with Crippen molar-refractivity contribution in [1.82, 2.24) is 9.97 Å². The van der Waals surface area contributed by atoms with Gasteiger partial charge in [0.15, 0.2) is 16.7 Å². The molecule has 39 heavy (non-hydrogen) atoms. The summed E-state index contributed by atoms with van der Waals surface area (Å²) in [6.07, 6.45) is 5.92. The fraction of sp³-hybridized carbons (Fsp3) is 0.429. The molecule has 1 aliphatic heterocycles. The van der Waals surface area contributed by atoms with Gasteiger partial charge < -0.3 is 14.7 Å². The molecule has 0 radical (unpaired) electrons. The number of aliphatic carboxylic acids is 1. The maximum Gasteiger partial charge on any atom is 0.304 e. The quantitative estimate of drug-likeness (QED) is 0.385. The van der Waals surface area contributed by atoms with Crippen molar-refractivity contribution < 1.29 is 28.2 Å². The topological polar surface area (TPSA) is 95.9 Å². The molecule has 1 N–H and O–H groups in total. The number of halogens is 2. The molecule has 0 spiro atoms. The average Bonchev–Trinajstić information content (AvgIpc) is 3.56. The van der Waals surface area contributed by atoms with Crippen LogP contribution in [0, 0.1) is 22.8 Å². The Bertz CT molecular complexity index is 1390. The number of rotatable bonds is 8. The Balaban J connectivity index is 1.46. The molecule has 0 unspecified atom stereocenters. The third-order valence-corrected chi connectivity index (χ3v) is 8.40. The number of likely N-dealkylation sites (N-methyl/N-ethyl adjacent to an activating group) is 1. The second kappa shape index (κ2) is 11.3. The van der Waals surface area contributed by atoms with E-state index in [2.05, 4.69) is 9.97 Å². The second-order valence-corrected chi connectivity index (χ2v) is 11.1. The van der Waals surface area contributed by atoms with Gasteiger partial charge in [0.25, 0.3) is 0 Å². The van der Waals surface area contributed by atoms with Crippen LogP contribution in [0.2, 0.25) is 0 Å². The summed E-state index contributed by atoms with van der Waals surface area (Å²) >= 11 is 0.668. The molecular formula is C28H30F2N4O4S. The zero-order chi connectivity index (χ0) is 27.7. The molecule has 1 amide bonds. The summed E-state index contributed by atoms with van der Waals surface area (Å²) in [6.45, 7) is 1.20. The number of carboxylic acids is 1. The van der Waals surface area contributed by atoms with Gasteiger partial charge in [-0.3, -0.25) is 14.5 Å². The first-order valence-electron chi connectivity index (χ1n) is 13.0. The largest absolute Gasteiger partial charge is 0.488 e. The molecule has 0 saturated heterocycles. The third-order valence-electron chi connectivity index (χ3n) is 7.48. The van der Waals surface area contributed by atoms with Gasteiger partial charge in [0.05, 0.1) is 13.0 Å². The molecule has 3 aromatic rings. The van der Waals surface area contributed by atoms with Crippen molar-refractivity contribution in [1.29, 1.82) is 0 Å². The van der Waals surface area contributed by atoms with Crippen LogP contribution < -0.4 is 14.5 Å². The first-order valence-corrected chi connectivity index (χ1v) is 13.8. The normalized spacial score (nSPS) is 16.1. The number of thiazole rings is 1. The summed E-state index contributed by atoms with van der Waals surface area (Å²) in [7, 11) is 3.39. The maximum absolute atomic E-state index is 15.4. The standard InChI is InChI=1S/C28H30F2N4O4S/c1-33-9-10-38-22-12-18(15-31-26(22)33)20-8-7-19(29)14-21(20)24-25(30)39-28(32-24)34(2)27(37)17(13-23(35)36)11-16-5-3-4-6-16/h7-8,12,14-17H,3-6,9-11,13H2,1-2H3,(H,35,36)/t17-/m1/s1. The zero-order valence-corrected chi connectivity index (χ0v) is 22.6. The lowest BCUT2D eigenvalue weighted by molar-refractivity contribution is -0.140. The van der Waals surface area contributed by atoms with Crippen LogP contribution in [-0.4, -0.2) is 54.2 Å². The molecule has 1 fully saturated rings. The molecule has 2 aliphatic rings. The van der Waals surface area contributed by atoms with E-state index in [0.717, 1.165) is 25.7 Å². The lowest BCUT2D eigenvalue weighted by atomic mass is 9.90. The van der Waals surface area contributed by atoms with Crippen molar-refractivity contribution in [2.75, 3.05) is 37.0 Å². The minimum absolute atomic E-state index is 0.0815. The Morgan fingerprint density at radius 2 is 2.00 bits per heavy atom. The van der Waals surface area contributed by atoms with Gasteiger partial charge in [-0.1, -0.05) is 43.1 Å². The minimum Gasteiger partial charge on any atom is -0.488 e. The van der Waals surface area contributed by atoms with Gasteiger partial charge in [-0.15, -0.1) is 0 Å². The Morgan fingerprint density at radius 3 is 2.74 bits per heavy atom. The number of hydrogen-bond acceptors (Lipinski definition) is 7. The molecule has 5 rings (SSSR count). The summed E-state index contributed by atoms with van der Waals surface area (Å²) < 4.78 is 35.5.